The Kier molecular flexibility index (Phi) is 3.80. The second-order valence-electron chi connectivity index (χ2n) is 4.32. The number of rotatable bonds is 3. The fourth-order valence-electron chi connectivity index (χ4n) is 2.24. The Morgan fingerprint density at radius 2 is 2.33 bits per heavy atom. The number of carboxylic acids is 1. The van der Waals surface area contributed by atoms with Gasteiger partial charge in [0.15, 0.2) is 0 Å². The van der Waals surface area contributed by atoms with Gasteiger partial charge in [0, 0.05) is 25.7 Å². The van der Waals surface area contributed by atoms with Gasteiger partial charge in [0.25, 0.3) is 0 Å². The van der Waals surface area contributed by atoms with Gasteiger partial charge in [-0.1, -0.05) is 12.1 Å². The van der Waals surface area contributed by atoms with Crippen LogP contribution in [0.15, 0.2) is 24.3 Å². The van der Waals surface area contributed by atoms with E-state index in [1.54, 1.807) is 6.07 Å². The van der Waals surface area contributed by atoms with Crippen LogP contribution in [0.3, 0.4) is 0 Å². The Morgan fingerprint density at radius 1 is 1.56 bits per heavy atom. The quantitative estimate of drug-likeness (QED) is 0.824. The third-order valence-electron chi connectivity index (χ3n) is 3.04. The molecule has 0 aromatic heterocycles. The summed E-state index contributed by atoms with van der Waals surface area (Å²) in [5, 5.41) is 21.1. The number of piperazine rings is 1. The fourth-order valence-corrected chi connectivity index (χ4v) is 2.24. The number of para-hydroxylation sites is 1. The van der Waals surface area contributed by atoms with Gasteiger partial charge in [-0.05, 0) is 12.1 Å². The van der Waals surface area contributed by atoms with Gasteiger partial charge in [-0.15, -0.1) is 0 Å². The van der Waals surface area contributed by atoms with Crippen LogP contribution in [0.1, 0.15) is 12.0 Å². The molecule has 0 amide bonds. The van der Waals surface area contributed by atoms with Gasteiger partial charge >= 0.3 is 5.97 Å². The summed E-state index contributed by atoms with van der Waals surface area (Å²) >= 11 is 0. The molecule has 1 unspecified atom stereocenters. The maximum absolute atomic E-state index is 10.7. The summed E-state index contributed by atoms with van der Waals surface area (Å²) in [7, 11) is 0. The lowest BCUT2D eigenvalue weighted by Crippen LogP contribution is -2.51. The van der Waals surface area contributed by atoms with Gasteiger partial charge in [0.05, 0.1) is 17.7 Å². The molecule has 2 N–H and O–H groups in total. The highest BCUT2D eigenvalue weighted by atomic mass is 16.4. The van der Waals surface area contributed by atoms with E-state index in [0.29, 0.717) is 12.1 Å². The zero-order valence-electron chi connectivity index (χ0n) is 9.97. The first-order chi connectivity index (χ1) is 8.70. The van der Waals surface area contributed by atoms with Crippen molar-refractivity contribution in [3.63, 3.8) is 0 Å². The smallest absolute Gasteiger partial charge is 0.304 e. The molecule has 1 saturated heterocycles. The summed E-state index contributed by atoms with van der Waals surface area (Å²) in [6, 6.07) is 9.51. The SMILES string of the molecule is N#Cc1ccccc1N1CCNC(CC(=O)O)C1. The van der Waals surface area contributed by atoms with E-state index in [-0.39, 0.29) is 12.5 Å². The maximum atomic E-state index is 10.7. The second-order valence-corrected chi connectivity index (χ2v) is 4.32. The van der Waals surface area contributed by atoms with Crippen molar-refractivity contribution in [3.05, 3.63) is 29.8 Å². The minimum absolute atomic E-state index is 0.0667. The average molecular weight is 245 g/mol. The van der Waals surface area contributed by atoms with E-state index in [1.165, 1.54) is 0 Å². The van der Waals surface area contributed by atoms with Gasteiger partial charge in [0.1, 0.15) is 6.07 Å². The highest BCUT2D eigenvalue weighted by Gasteiger charge is 2.22. The van der Waals surface area contributed by atoms with Gasteiger partial charge < -0.3 is 15.3 Å². The lowest BCUT2D eigenvalue weighted by molar-refractivity contribution is -0.137. The summed E-state index contributed by atoms with van der Waals surface area (Å²) in [5.74, 6) is -0.803. The summed E-state index contributed by atoms with van der Waals surface area (Å²) in [6.45, 7) is 2.14. The molecule has 0 bridgehead atoms. The Bertz CT molecular complexity index is 481. The minimum Gasteiger partial charge on any atom is -0.481 e. The molecule has 1 aliphatic heterocycles. The molecule has 1 aliphatic rings. The van der Waals surface area contributed by atoms with E-state index in [1.807, 2.05) is 18.2 Å². The first kappa shape index (κ1) is 12.4. The topological polar surface area (TPSA) is 76.4 Å². The zero-order chi connectivity index (χ0) is 13.0. The number of carboxylic acid groups (broad SMARTS) is 1. The standard InChI is InChI=1S/C13H15N3O2/c14-8-10-3-1-2-4-12(10)16-6-5-15-11(9-16)7-13(17)18/h1-4,11,15H,5-7,9H2,(H,17,18). The average Bonchev–Trinajstić information content (AvgIpc) is 2.38. The van der Waals surface area contributed by atoms with Crippen molar-refractivity contribution in [2.45, 2.75) is 12.5 Å². The molecule has 94 valence electrons. The molecule has 2 rings (SSSR count). The lowest BCUT2D eigenvalue weighted by atomic mass is 10.1. The molecule has 5 nitrogen and oxygen atoms in total. The number of aliphatic carboxylic acids is 1. The van der Waals surface area contributed by atoms with Gasteiger partial charge in [0.2, 0.25) is 0 Å². The van der Waals surface area contributed by atoms with Crippen LogP contribution < -0.4 is 10.2 Å². The van der Waals surface area contributed by atoms with Crippen molar-refractivity contribution in [1.29, 1.82) is 5.26 Å². The van der Waals surface area contributed by atoms with Crippen molar-refractivity contribution >= 4 is 11.7 Å². The van der Waals surface area contributed by atoms with E-state index in [0.717, 1.165) is 18.8 Å². The lowest BCUT2D eigenvalue weighted by Gasteiger charge is -2.35. The molecule has 1 heterocycles. The number of benzene rings is 1. The molecule has 1 fully saturated rings. The van der Waals surface area contributed by atoms with Crippen LogP contribution in [0.4, 0.5) is 5.69 Å². The van der Waals surface area contributed by atoms with Gasteiger partial charge in [-0.3, -0.25) is 4.79 Å². The number of carbonyl (C=O) groups is 1. The summed E-state index contributed by atoms with van der Waals surface area (Å²) < 4.78 is 0. The van der Waals surface area contributed by atoms with Gasteiger partial charge in [-0.25, -0.2) is 0 Å². The number of anilines is 1. The monoisotopic (exact) mass is 245 g/mol. The molecular formula is C13H15N3O2. The minimum atomic E-state index is -0.803. The predicted molar refractivity (Wildman–Crippen MR) is 67.4 cm³/mol. The molecule has 0 saturated carbocycles. The highest BCUT2D eigenvalue weighted by Crippen LogP contribution is 2.21. The van der Waals surface area contributed by atoms with Crippen molar-refractivity contribution in [2.75, 3.05) is 24.5 Å². The largest absolute Gasteiger partial charge is 0.481 e. The van der Waals surface area contributed by atoms with E-state index in [2.05, 4.69) is 16.3 Å². The van der Waals surface area contributed by atoms with Crippen molar-refractivity contribution < 1.29 is 9.90 Å². The molecule has 1 aromatic carbocycles. The highest BCUT2D eigenvalue weighted by molar-refractivity contribution is 5.68. The van der Waals surface area contributed by atoms with Gasteiger partial charge in [-0.2, -0.15) is 5.26 Å². The molecule has 0 spiro atoms. The summed E-state index contributed by atoms with van der Waals surface area (Å²) in [4.78, 5) is 12.8. The van der Waals surface area contributed by atoms with Crippen LogP contribution in [0.25, 0.3) is 0 Å². The van der Waals surface area contributed by atoms with Crippen molar-refractivity contribution in [2.24, 2.45) is 0 Å². The van der Waals surface area contributed by atoms with E-state index in [9.17, 15) is 4.79 Å². The van der Waals surface area contributed by atoms with Crippen molar-refractivity contribution in [3.8, 4) is 6.07 Å². The number of nitriles is 1. The Labute approximate surface area is 106 Å². The number of nitrogens with zero attached hydrogens (tertiary/aromatic N) is 2. The summed E-state index contributed by atoms with van der Waals surface area (Å²) in [5.41, 5.74) is 1.52. The molecular weight excluding hydrogens is 230 g/mol. The maximum Gasteiger partial charge on any atom is 0.304 e. The van der Waals surface area contributed by atoms with E-state index < -0.39 is 5.97 Å². The number of hydrogen-bond donors (Lipinski definition) is 2. The second kappa shape index (κ2) is 5.52. The molecule has 5 heteroatoms. The summed E-state index contributed by atoms with van der Waals surface area (Å²) in [6.07, 6.45) is 0.102. The Balaban J connectivity index is 2.13. The molecule has 1 atom stereocenters. The number of nitrogens with one attached hydrogen (secondary N) is 1. The third-order valence-corrected chi connectivity index (χ3v) is 3.04. The first-order valence-corrected chi connectivity index (χ1v) is 5.90. The number of hydrogen-bond acceptors (Lipinski definition) is 4. The van der Waals surface area contributed by atoms with Crippen molar-refractivity contribution in [1.82, 2.24) is 5.32 Å². The molecule has 0 aliphatic carbocycles. The fraction of sp³-hybridized carbons (Fsp3) is 0.385. The van der Waals surface area contributed by atoms with Crippen LogP contribution in [0.2, 0.25) is 0 Å². The van der Waals surface area contributed by atoms with E-state index in [4.69, 9.17) is 10.4 Å². The molecule has 0 radical (unpaired) electrons. The predicted octanol–water partition coefficient (Wildman–Crippen LogP) is 0.811. The first-order valence-electron chi connectivity index (χ1n) is 5.90. The third kappa shape index (κ3) is 2.79. The van der Waals surface area contributed by atoms with Crippen LogP contribution in [0, 0.1) is 11.3 Å². The van der Waals surface area contributed by atoms with Crippen LogP contribution in [-0.2, 0) is 4.79 Å². The zero-order valence-corrected chi connectivity index (χ0v) is 9.97. The van der Waals surface area contributed by atoms with Crippen LogP contribution >= 0.6 is 0 Å². The molecule has 18 heavy (non-hydrogen) atoms. The Hall–Kier alpha value is -2.06. The van der Waals surface area contributed by atoms with E-state index >= 15 is 0 Å². The normalized spacial score (nSPS) is 19.3. The van der Waals surface area contributed by atoms with Crippen LogP contribution in [0.5, 0.6) is 0 Å². The Morgan fingerprint density at radius 3 is 3.06 bits per heavy atom. The van der Waals surface area contributed by atoms with Crippen LogP contribution in [-0.4, -0.2) is 36.8 Å². The molecule has 1 aromatic rings.